The number of carbonyl (C=O) groups is 1. The van der Waals surface area contributed by atoms with E-state index < -0.39 is 0 Å². The Bertz CT molecular complexity index is 286. The molecule has 0 unspecified atom stereocenters. The normalized spacial score (nSPS) is 9.93. The molecule has 82 valence electrons. The molecule has 15 heavy (non-hydrogen) atoms. The maximum Gasteiger partial charge on any atom is 0.168 e. The first kappa shape index (κ1) is 11.6. The number of aliphatic hydroxyl groups is 1. The molecule has 0 aliphatic heterocycles. The molecule has 1 heterocycles. The molecule has 5 heteroatoms. The molecule has 0 saturated carbocycles. The first-order chi connectivity index (χ1) is 7.36. The lowest BCUT2D eigenvalue weighted by molar-refractivity contribution is 0.0704. The van der Waals surface area contributed by atoms with Crippen LogP contribution in [0.5, 0.6) is 5.75 Å². The third-order valence-electron chi connectivity index (χ3n) is 1.61. The smallest absolute Gasteiger partial charge is 0.168 e. The van der Waals surface area contributed by atoms with E-state index in [9.17, 15) is 4.79 Å². The molecule has 0 saturated heterocycles. The Morgan fingerprint density at radius 1 is 1.33 bits per heavy atom. The predicted octanol–water partition coefficient (Wildman–Crippen LogP) is 0.282. The van der Waals surface area contributed by atoms with Crippen LogP contribution in [0.3, 0.4) is 0 Å². The van der Waals surface area contributed by atoms with E-state index in [4.69, 9.17) is 14.6 Å². The van der Waals surface area contributed by atoms with Gasteiger partial charge in [-0.05, 0) is 12.1 Å². The third-order valence-corrected chi connectivity index (χ3v) is 1.61. The SMILES string of the molecule is O=Cc1ccc(OCCOCCO)cn1. The Morgan fingerprint density at radius 2 is 2.20 bits per heavy atom. The topological polar surface area (TPSA) is 68.7 Å². The van der Waals surface area contributed by atoms with Crippen molar-refractivity contribution in [3.05, 3.63) is 24.0 Å². The monoisotopic (exact) mass is 211 g/mol. The first-order valence-corrected chi connectivity index (χ1v) is 4.59. The van der Waals surface area contributed by atoms with Gasteiger partial charge in [0.05, 0.1) is 26.0 Å². The number of aliphatic hydroxyl groups excluding tert-OH is 1. The van der Waals surface area contributed by atoms with Gasteiger partial charge in [0, 0.05) is 0 Å². The Balaban J connectivity index is 2.22. The first-order valence-electron chi connectivity index (χ1n) is 4.59. The molecule has 0 aliphatic carbocycles. The minimum atomic E-state index is 0.00951. The Morgan fingerprint density at radius 3 is 2.80 bits per heavy atom. The van der Waals surface area contributed by atoms with Gasteiger partial charge < -0.3 is 14.6 Å². The number of aldehydes is 1. The molecule has 0 radical (unpaired) electrons. The standard InChI is InChI=1S/C10H13NO4/c12-3-4-14-5-6-15-10-2-1-9(8-13)11-7-10/h1-2,7-8,12H,3-6H2. The number of hydrogen-bond acceptors (Lipinski definition) is 5. The van der Waals surface area contributed by atoms with E-state index in [0.29, 0.717) is 37.6 Å². The van der Waals surface area contributed by atoms with Crippen molar-refractivity contribution in [2.24, 2.45) is 0 Å². The van der Waals surface area contributed by atoms with Crippen molar-refractivity contribution in [1.29, 1.82) is 0 Å². The Kier molecular flexibility index (Phi) is 5.35. The van der Waals surface area contributed by atoms with Crippen molar-refractivity contribution in [3.63, 3.8) is 0 Å². The highest BCUT2D eigenvalue weighted by atomic mass is 16.5. The van der Waals surface area contributed by atoms with Crippen LogP contribution in [-0.2, 0) is 4.74 Å². The van der Waals surface area contributed by atoms with Crippen molar-refractivity contribution in [3.8, 4) is 5.75 Å². The van der Waals surface area contributed by atoms with E-state index in [1.807, 2.05) is 0 Å². The highest BCUT2D eigenvalue weighted by molar-refractivity contribution is 5.71. The third kappa shape index (κ3) is 4.53. The van der Waals surface area contributed by atoms with Gasteiger partial charge in [-0.25, -0.2) is 4.98 Å². The highest BCUT2D eigenvalue weighted by Gasteiger charge is 1.95. The lowest BCUT2D eigenvalue weighted by Crippen LogP contribution is -2.09. The zero-order valence-corrected chi connectivity index (χ0v) is 8.26. The van der Waals surface area contributed by atoms with Gasteiger partial charge >= 0.3 is 0 Å². The summed E-state index contributed by atoms with van der Waals surface area (Å²) < 4.78 is 10.3. The zero-order valence-electron chi connectivity index (χ0n) is 8.26. The summed E-state index contributed by atoms with van der Waals surface area (Å²) in [5.41, 5.74) is 0.374. The van der Waals surface area contributed by atoms with Crippen LogP contribution >= 0.6 is 0 Å². The van der Waals surface area contributed by atoms with Crippen LogP contribution in [0.4, 0.5) is 0 Å². The number of aromatic nitrogens is 1. The van der Waals surface area contributed by atoms with Crippen molar-refractivity contribution in [2.75, 3.05) is 26.4 Å². The van der Waals surface area contributed by atoms with Crippen molar-refractivity contribution in [1.82, 2.24) is 4.98 Å². The summed E-state index contributed by atoms with van der Waals surface area (Å²) in [5.74, 6) is 0.591. The fourth-order valence-corrected chi connectivity index (χ4v) is 0.932. The number of pyridine rings is 1. The van der Waals surface area contributed by atoms with Crippen LogP contribution in [0.1, 0.15) is 10.5 Å². The number of carbonyl (C=O) groups excluding carboxylic acids is 1. The molecule has 0 amide bonds. The maximum atomic E-state index is 10.3. The van der Waals surface area contributed by atoms with E-state index in [2.05, 4.69) is 4.98 Å². The summed E-state index contributed by atoms with van der Waals surface area (Å²) in [6, 6.07) is 3.25. The molecule has 1 N–H and O–H groups in total. The summed E-state index contributed by atoms with van der Waals surface area (Å²) in [6.07, 6.45) is 2.16. The molecule has 0 aliphatic rings. The van der Waals surface area contributed by atoms with Crippen LogP contribution in [0.15, 0.2) is 18.3 Å². The largest absolute Gasteiger partial charge is 0.490 e. The molecular formula is C10H13NO4. The summed E-state index contributed by atoms with van der Waals surface area (Å²) in [4.78, 5) is 14.1. The number of hydrogen-bond donors (Lipinski definition) is 1. The maximum absolute atomic E-state index is 10.3. The average molecular weight is 211 g/mol. The zero-order chi connectivity index (χ0) is 10.9. The molecular weight excluding hydrogens is 198 g/mol. The molecule has 0 spiro atoms. The van der Waals surface area contributed by atoms with Crippen molar-refractivity contribution < 1.29 is 19.4 Å². The molecule has 0 fully saturated rings. The number of ether oxygens (including phenoxy) is 2. The van der Waals surface area contributed by atoms with Gasteiger partial charge in [-0.15, -0.1) is 0 Å². The molecule has 5 nitrogen and oxygen atoms in total. The lowest BCUT2D eigenvalue weighted by atomic mass is 10.4. The van der Waals surface area contributed by atoms with Crippen LogP contribution in [0.2, 0.25) is 0 Å². The number of nitrogens with zero attached hydrogens (tertiary/aromatic N) is 1. The average Bonchev–Trinajstić information content (AvgIpc) is 2.30. The van der Waals surface area contributed by atoms with Crippen LogP contribution in [0.25, 0.3) is 0 Å². The quantitative estimate of drug-likeness (QED) is 0.518. The van der Waals surface area contributed by atoms with Gasteiger partial charge in [-0.1, -0.05) is 0 Å². The fraction of sp³-hybridized carbons (Fsp3) is 0.400. The number of rotatable bonds is 7. The minimum Gasteiger partial charge on any atom is -0.490 e. The predicted molar refractivity (Wildman–Crippen MR) is 53.0 cm³/mol. The van der Waals surface area contributed by atoms with Gasteiger partial charge in [-0.2, -0.15) is 0 Å². The molecule has 1 aromatic rings. The van der Waals surface area contributed by atoms with E-state index >= 15 is 0 Å². The van der Waals surface area contributed by atoms with Crippen molar-refractivity contribution >= 4 is 6.29 Å². The van der Waals surface area contributed by atoms with E-state index in [-0.39, 0.29) is 6.61 Å². The second-order valence-corrected chi connectivity index (χ2v) is 2.72. The molecule has 0 atom stereocenters. The lowest BCUT2D eigenvalue weighted by Gasteiger charge is -2.05. The van der Waals surface area contributed by atoms with E-state index in [0.717, 1.165) is 0 Å². The molecule has 0 aromatic carbocycles. The van der Waals surface area contributed by atoms with Gasteiger partial charge in [0.15, 0.2) is 6.29 Å². The molecule has 0 bridgehead atoms. The molecule has 1 aromatic heterocycles. The van der Waals surface area contributed by atoms with E-state index in [1.54, 1.807) is 12.1 Å². The van der Waals surface area contributed by atoms with Gasteiger partial charge in [0.1, 0.15) is 18.1 Å². The summed E-state index contributed by atoms with van der Waals surface area (Å²) in [5, 5.41) is 8.43. The van der Waals surface area contributed by atoms with Crippen LogP contribution in [-0.4, -0.2) is 42.8 Å². The van der Waals surface area contributed by atoms with Crippen LogP contribution < -0.4 is 4.74 Å². The summed E-state index contributed by atoms with van der Waals surface area (Å²) in [6.45, 7) is 1.12. The summed E-state index contributed by atoms with van der Waals surface area (Å²) in [7, 11) is 0. The summed E-state index contributed by atoms with van der Waals surface area (Å²) >= 11 is 0. The molecule has 1 rings (SSSR count). The second-order valence-electron chi connectivity index (χ2n) is 2.72. The fourth-order valence-electron chi connectivity index (χ4n) is 0.932. The van der Waals surface area contributed by atoms with Gasteiger partial charge in [0.2, 0.25) is 0 Å². The van der Waals surface area contributed by atoms with Crippen LogP contribution in [0, 0.1) is 0 Å². The highest BCUT2D eigenvalue weighted by Crippen LogP contribution is 2.07. The second kappa shape index (κ2) is 6.92. The van der Waals surface area contributed by atoms with Crippen molar-refractivity contribution in [2.45, 2.75) is 0 Å². The Hall–Kier alpha value is -1.46. The minimum absolute atomic E-state index is 0.00951. The van der Waals surface area contributed by atoms with Gasteiger partial charge in [-0.3, -0.25) is 4.79 Å². The Labute approximate surface area is 87.7 Å². The van der Waals surface area contributed by atoms with Gasteiger partial charge in [0.25, 0.3) is 0 Å². The van der Waals surface area contributed by atoms with E-state index in [1.165, 1.54) is 6.20 Å².